The first-order valence-corrected chi connectivity index (χ1v) is 4.94. The van der Waals surface area contributed by atoms with Crippen molar-refractivity contribution >= 4 is 5.57 Å². The van der Waals surface area contributed by atoms with Gasteiger partial charge in [-0.15, -0.1) is 0 Å². The molecular formula is C13H10F2O2. The maximum atomic E-state index is 13.8. The number of aromatic hydroxyl groups is 1. The van der Waals surface area contributed by atoms with Crippen molar-refractivity contribution in [1.82, 2.24) is 0 Å². The summed E-state index contributed by atoms with van der Waals surface area (Å²) in [5.41, 5.74) is 0.391. The second kappa shape index (κ2) is 4.14. The summed E-state index contributed by atoms with van der Waals surface area (Å²) in [5, 5.41) is 19.0. The molecule has 0 amide bonds. The fourth-order valence-corrected chi connectivity index (χ4v) is 1.62. The van der Waals surface area contributed by atoms with Crippen molar-refractivity contribution in [3.63, 3.8) is 0 Å². The summed E-state index contributed by atoms with van der Waals surface area (Å²) < 4.78 is 26.6. The van der Waals surface area contributed by atoms with Gasteiger partial charge in [0, 0.05) is 17.2 Å². The van der Waals surface area contributed by atoms with Crippen LogP contribution < -0.4 is 0 Å². The van der Waals surface area contributed by atoms with Crippen molar-refractivity contribution < 1.29 is 19.0 Å². The molecule has 2 nitrogen and oxygen atoms in total. The highest BCUT2D eigenvalue weighted by Crippen LogP contribution is 2.35. The van der Waals surface area contributed by atoms with Crippen LogP contribution in [0.4, 0.5) is 8.78 Å². The van der Waals surface area contributed by atoms with Crippen LogP contribution in [0.1, 0.15) is 5.56 Å². The Labute approximate surface area is 96.8 Å². The molecule has 1 aliphatic rings. The lowest BCUT2D eigenvalue weighted by molar-refractivity contribution is 0.220. The van der Waals surface area contributed by atoms with Crippen molar-refractivity contribution in [2.24, 2.45) is 0 Å². The Morgan fingerprint density at radius 2 is 1.88 bits per heavy atom. The van der Waals surface area contributed by atoms with Crippen LogP contribution in [0.25, 0.3) is 5.57 Å². The number of benzene rings is 1. The zero-order chi connectivity index (χ0) is 12.6. The number of halogens is 2. The molecule has 0 spiro atoms. The molecule has 0 bridgehead atoms. The van der Waals surface area contributed by atoms with Gasteiger partial charge in [0.15, 0.2) is 0 Å². The maximum absolute atomic E-state index is 13.8. The Morgan fingerprint density at radius 1 is 1.18 bits per heavy atom. The van der Waals surface area contributed by atoms with E-state index >= 15 is 0 Å². The number of hydrogen-bond acceptors (Lipinski definition) is 2. The molecule has 2 rings (SSSR count). The standard InChI is InChI=1S/C13H10F2O2/c1-7-2-4-10(12(15)13(7)17)9-5-3-8(14)6-11(9)16/h2-6,13,16-17H,1H2. The Bertz CT molecular complexity index is 544. The summed E-state index contributed by atoms with van der Waals surface area (Å²) in [4.78, 5) is 0. The van der Waals surface area contributed by atoms with E-state index in [9.17, 15) is 19.0 Å². The Morgan fingerprint density at radius 3 is 2.53 bits per heavy atom. The van der Waals surface area contributed by atoms with E-state index in [2.05, 4.69) is 6.58 Å². The smallest absolute Gasteiger partial charge is 0.141 e. The van der Waals surface area contributed by atoms with E-state index in [1.807, 2.05) is 0 Å². The molecule has 0 fully saturated rings. The molecule has 4 heteroatoms. The summed E-state index contributed by atoms with van der Waals surface area (Å²) >= 11 is 0. The van der Waals surface area contributed by atoms with Gasteiger partial charge in [-0.2, -0.15) is 0 Å². The third-order valence-corrected chi connectivity index (χ3v) is 2.56. The number of aliphatic hydroxyl groups excluding tert-OH is 1. The Hall–Kier alpha value is -1.94. The van der Waals surface area contributed by atoms with E-state index in [4.69, 9.17) is 0 Å². The quantitative estimate of drug-likeness (QED) is 0.787. The van der Waals surface area contributed by atoms with Crippen LogP contribution in [0.15, 0.2) is 48.3 Å². The third-order valence-electron chi connectivity index (χ3n) is 2.56. The zero-order valence-corrected chi connectivity index (χ0v) is 8.82. The number of rotatable bonds is 1. The lowest BCUT2D eigenvalue weighted by atomic mass is 9.94. The molecule has 1 atom stereocenters. The first-order valence-electron chi connectivity index (χ1n) is 4.94. The molecular weight excluding hydrogens is 226 g/mol. The monoisotopic (exact) mass is 236 g/mol. The highest BCUT2D eigenvalue weighted by atomic mass is 19.1. The highest BCUT2D eigenvalue weighted by molar-refractivity contribution is 5.81. The van der Waals surface area contributed by atoms with Crippen molar-refractivity contribution in [2.45, 2.75) is 6.10 Å². The van der Waals surface area contributed by atoms with Gasteiger partial charge in [-0.1, -0.05) is 18.7 Å². The number of phenolic OH excluding ortho intramolecular Hbond substituents is 1. The molecule has 1 aromatic rings. The summed E-state index contributed by atoms with van der Waals surface area (Å²) in [7, 11) is 0. The lowest BCUT2D eigenvalue weighted by Gasteiger charge is -2.17. The number of hydrogen-bond donors (Lipinski definition) is 2. The lowest BCUT2D eigenvalue weighted by Crippen LogP contribution is -2.13. The number of allylic oxidation sites excluding steroid dienone is 2. The average Bonchev–Trinajstić information content (AvgIpc) is 2.28. The van der Waals surface area contributed by atoms with E-state index in [1.54, 1.807) is 0 Å². The van der Waals surface area contributed by atoms with E-state index in [0.29, 0.717) is 0 Å². The fourth-order valence-electron chi connectivity index (χ4n) is 1.62. The minimum Gasteiger partial charge on any atom is -0.507 e. The molecule has 1 unspecified atom stereocenters. The predicted molar refractivity (Wildman–Crippen MR) is 60.4 cm³/mol. The largest absolute Gasteiger partial charge is 0.507 e. The fraction of sp³-hybridized carbons (Fsp3) is 0.0769. The summed E-state index contributed by atoms with van der Waals surface area (Å²) in [5.74, 6) is -1.80. The van der Waals surface area contributed by atoms with Crippen molar-refractivity contribution in [2.75, 3.05) is 0 Å². The SMILES string of the molecule is C=C1C=CC(c2ccc(F)cc2O)=C(F)C1O. The highest BCUT2D eigenvalue weighted by Gasteiger charge is 2.23. The first kappa shape index (κ1) is 11.5. The van der Waals surface area contributed by atoms with Gasteiger partial charge in [0.1, 0.15) is 23.5 Å². The van der Waals surface area contributed by atoms with E-state index in [1.165, 1.54) is 18.2 Å². The van der Waals surface area contributed by atoms with Crippen LogP contribution in [0, 0.1) is 5.82 Å². The number of aliphatic hydroxyl groups is 1. The molecule has 0 aliphatic heterocycles. The van der Waals surface area contributed by atoms with Gasteiger partial charge in [-0.05, 0) is 17.7 Å². The van der Waals surface area contributed by atoms with Crippen molar-refractivity contribution in [1.29, 1.82) is 0 Å². The summed E-state index contributed by atoms with van der Waals surface area (Å²) in [6.07, 6.45) is 1.42. The summed E-state index contributed by atoms with van der Waals surface area (Å²) in [6, 6.07) is 3.25. The van der Waals surface area contributed by atoms with Gasteiger partial charge in [0.2, 0.25) is 0 Å². The van der Waals surface area contributed by atoms with Crippen LogP contribution >= 0.6 is 0 Å². The van der Waals surface area contributed by atoms with Gasteiger partial charge < -0.3 is 10.2 Å². The van der Waals surface area contributed by atoms with Gasteiger partial charge >= 0.3 is 0 Å². The maximum Gasteiger partial charge on any atom is 0.141 e. The molecule has 1 aromatic carbocycles. The van der Waals surface area contributed by atoms with Crippen molar-refractivity contribution in [3.05, 3.63) is 59.7 Å². The van der Waals surface area contributed by atoms with Gasteiger partial charge in [-0.25, -0.2) is 8.78 Å². The van der Waals surface area contributed by atoms with E-state index in [-0.39, 0.29) is 22.5 Å². The minimum atomic E-state index is -1.42. The number of phenols is 1. The first-order chi connectivity index (χ1) is 8.00. The zero-order valence-electron chi connectivity index (χ0n) is 8.82. The Kier molecular flexibility index (Phi) is 2.81. The normalized spacial score (nSPS) is 19.9. The molecule has 0 aromatic heterocycles. The van der Waals surface area contributed by atoms with Crippen LogP contribution in [-0.4, -0.2) is 16.3 Å². The molecule has 2 N–H and O–H groups in total. The van der Waals surface area contributed by atoms with E-state index < -0.39 is 17.7 Å². The topological polar surface area (TPSA) is 40.5 Å². The molecule has 1 aliphatic carbocycles. The second-order valence-corrected chi connectivity index (χ2v) is 3.73. The second-order valence-electron chi connectivity index (χ2n) is 3.73. The summed E-state index contributed by atoms with van der Waals surface area (Å²) in [6.45, 7) is 3.48. The van der Waals surface area contributed by atoms with E-state index in [0.717, 1.165) is 12.1 Å². The van der Waals surface area contributed by atoms with Gasteiger partial charge in [0.05, 0.1) is 0 Å². The molecule has 17 heavy (non-hydrogen) atoms. The molecule has 0 heterocycles. The van der Waals surface area contributed by atoms with Crippen LogP contribution in [-0.2, 0) is 0 Å². The van der Waals surface area contributed by atoms with Crippen LogP contribution in [0.3, 0.4) is 0 Å². The molecule has 0 saturated carbocycles. The van der Waals surface area contributed by atoms with Crippen LogP contribution in [0.2, 0.25) is 0 Å². The average molecular weight is 236 g/mol. The molecule has 0 saturated heterocycles. The Balaban J connectivity index is 2.54. The van der Waals surface area contributed by atoms with Gasteiger partial charge in [0.25, 0.3) is 0 Å². The van der Waals surface area contributed by atoms with Gasteiger partial charge in [-0.3, -0.25) is 0 Å². The minimum absolute atomic E-state index is 0.0300. The van der Waals surface area contributed by atoms with Crippen LogP contribution in [0.5, 0.6) is 5.75 Å². The molecule has 88 valence electrons. The van der Waals surface area contributed by atoms with Crippen molar-refractivity contribution in [3.8, 4) is 5.75 Å². The third kappa shape index (κ3) is 1.99. The molecule has 0 radical (unpaired) electrons. The predicted octanol–water partition coefficient (Wildman–Crippen LogP) is 2.70.